The highest BCUT2D eigenvalue weighted by Crippen LogP contribution is 2.21. The first kappa shape index (κ1) is 20.5. The zero-order chi connectivity index (χ0) is 20.0. The van der Waals surface area contributed by atoms with E-state index < -0.39 is 16.0 Å². The van der Waals surface area contributed by atoms with E-state index in [9.17, 15) is 13.2 Å². The van der Waals surface area contributed by atoms with Gasteiger partial charge in [0.25, 0.3) is 5.89 Å². The van der Waals surface area contributed by atoms with Crippen LogP contribution in [-0.4, -0.2) is 41.9 Å². The molecule has 28 heavy (non-hydrogen) atoms. The van der Waals surface area contributed by atoms with Crippen LogP contribution >= 0.6 is 0 Å². The second-order valence-electron chi connectivity index (χ2n) is 6.77. The maximum atomic E-state index is 12.8. The van der Waals surface area contributed by atoms with Crippen LogP contribution in [0.1, 0.15) is 61.1 Å². The molecule has 0 radical (unpaired) electrons. The molecule has 0 atom stereocenters. The number of benzene rings is 1. The molecule has 2 heterocycles. The fraction of sp³-hybridized carbons (Fsp3) is 0.526. The fourth-order valence-corrected chi connectivity index (χ4v) is 4.60. The quantitative estimate of drug-likeness (QED) is 0.650. The molecule has 0 N–H and O–H groups in total. The van der Waals surface area contributed by atoms with Crippen LogP contribution in [0.5, 0.6) is 0 Å². The average Bonchev–Trinajstić information content (AvgIpc) is 2.96. The van der Waals surface area contributed by atoms with Gasteiger partial charge in [-0.25, -0.2) is 13.2 Å². The van der Waals surface area contributed by atoms with Gasteiger partial charge in [-0.3, -0.25) is 0 Å². The van der Waals surface area contributed by atoms with Crippen molar-refractivity contribution >= 4 is 16.0 Å². The molecule has 0 bridgehead atoms. The summed E-state index contributed by atoms with van der Waals surface area (Å²) < 4.78 is 37.3. The predicted octanol–water partition coefficient (Wildman–Crippen LogP) is 2.94. The van der Waals surface area contributed by atoms with Gasteiger partial charge in [-0.05, 0) is 43.5 Å². The van der Waals surface area contributed by atoms with Crippen LogP contribution in [0.15, 0.2) is 33.7 Å². The van der Waals surface area contributed by atoms with Gasteiger partial charge in [0.15, 0.2) is 12.4 Å². The van der Waals surface area contributed by atoms with Crippen LogP contribution in [0.25, 0.3) is 0 Å². The SMILES string of the molecule is CCCc1noc(COC(=O)c2ccc(S(=O)(=O)N3CCCCCC3)cc2)n1. The van der Waals surface area contributed by atoms with Crippen LogP contribution in [0.3, 0.4) is 0 Å². The van der Waals surface area contributed by atoms with E-state index in [-0.39, 0.29) is 23.0 Å². The Kier molecular flexibility index (Phi) is 6.79. The smallest absolute Gasteiger partial charge is 0.338 e. The Bertz CT molecular complexity index is 885. The molecule has 1 aliphatic rings. The second kappa shape index (κ2) is 9.29. The van der Waals surface area contributed by atoms with Crippen molar-refractivity contribution in [3.05, 3.63) is 41.5 Å². The van der Waals surface area contributed by atoms with Crippen molar-refractivity contribution in [2.24, 2.45) is 0 Å². The van der Waals surface area contributed by atoms with Crippen molar-refractivity contribution in [2.75, 3.05) is 13.1 Å². The molecule has 1 aromatic carbocycles. The first-order chi connectivity index (χ1) is 13.5. The van der Waals surface area contributed by atoms with Crippen LogP contribution < -0.4 is 0 Å². The van der Waals surface area contributed by atoms with Crippen molar-refractivity contribution in [2.45, 2.75) is 57.0 Å². The maximum Gasteiger partial charge on any atom is 0.338 e. The summed E-state index contributed by atoms with van der Waals surface area (Å²) in [6, 6.07) is 5.82. The van der Waals surface area contributed by atoms with Gasteiger partial charge in [-0.1, -0.05) is 24.9 Å². The number of esters is 1. The molecule has 9 heteroatoms. The number of aryl methyl sites for hydroxylation is 1. The van der Waals surface area contributed by atoms with Gasteiger partial charge in [0.1, 0.15) is 0 Å². The molecule has 0 unspecified atom stereocenters. The molecule has 0 spiro atoms. The fourth-order valence-electron chi connectivity index (χ4n) is 3.08. The van der Waals surface area contributed by atoms with Crippen LogP contribution in [-0.2, 0) is 27.8 Å². The minimum Gasteiger partial charge on any atom is -0.452 e. The Morgan fingerprint density at radius 3 is 2.46 bits per heavy atom. The number of ether oxygens (including phenoxy) is 1. The number of aromatic nitrogens is 2. The van der Waals surface area contributed by atoms with Gasteiger partial charge in [0.2, 0.25) is 10.0 Å². The summed E-state index contributed by atoms with van der Waals surface area (Å²) in [5.74, 6) is 0.239. The third-order valence-corrected chi connectivity index (χ3v) is 6.52. The molecule has 0 saturated carbocycles. The molecule has 152 valence electrons. The highest BCUT2D eigenvalue weighted by atomic mass is 32.2. The number of carbonyl (C=O) groups is 1. The topological polar surface area (TPSA) is 103 Å². The summed E-state index contributed by atoms with van der Waals surface area (Å²) in [7, 11) is -3.54. The zero-order valence-electron chi connectivity index (χ0n) is 16.0. The van der Waals surface area contributed by atoms with Crippen LogP contribution in [0.2, 0.25) is 0 Å². The molecule has 2 aromatic rings. The van der Waals surface area contributed by atoms with Crippen molar-refractivity contribution in [1.82, 2.24) is 14.4 Å². The van der Waals surface area contributed by atoms with Crippen molar-refractivity contribution in [3.63, 3.8) is 0 Å². The van der Waals surface area contributed by atoms with E-state index in [4.69, 9.17) is 9.26 Å². The molecule has 0 aliphatic carbocycles. The highest BCUT2D eigenvalue weighted by molar-refractivity contribution is 7.89. The van der Waals surface area contributed by atoms with E-state index in [1.54, 1.807) is 0 Å². The molecule has 1 aromatic heterocycles. The van der Waals surface area contributed by atoms with Crippen LogP contribution in [0.4, 0.5) is 0 Å². The third kappa shape index (κ3) is 4.96. The average molecular weight is 407 g/mol. The van der Waals surface area contributed by atoms with E-state index in [1.165, 1.54) is 28.6 Å². The largest absolute Gasteiger partial charge is 0.452 e. The highest BCUT2D eigenvalue weighted by Gasteiger charge is 2.25. The lowest BCUT2D eigenvalue weighted by Gasteiger charge is -2.19. The van der Waals surface area contributed by atoms with Gasteiger partial charge in [-0.15, -0.1) is 0 Å². The van der Waals surface area contributed by atoms with Gasteiger partial charge in [0.05, 0.1) is 10.5 Å². The van der Waals surface area contributed by atoms with Gasteiger partial charge < -0.3 is 9.26 Å². The lowest BCUT2D eigenvalue weighted by molar-refractivity contribution is 0.0429. The summed E-state index contributed by atoms with van der Waals surface area (Å²) in [5.41, 5.74) is 0.267. The Hall–Kier alpha value is -2.26. The number of carbonyl (C=O) groups excluding carboxylic acids is 1. The Morgan fingerprint density at radius 2 is 1.82 bits per heavy atom. The Balaban J connectivity index is 1.61. The monoisotopic (exact) mass is 407 g/mol. The number of rotatable bonds is 7. The zero-order valence-corrected chi connectivity index (χ0v) is 16.8. The number of hydrogen-bond acceptors (Lipinski definition) is 7. The number of hydrogen-bond donors (Lipinski definition) is 0. The molecular weight excluding hydrogens is 382 g/mol. The minimum atomic E-state index is -3.54. The first-order valence-electron chi connectivity index (χ1n) is 9.59. The van der Waals surface area contributed by atoms with Crippen LogP contribution in [0, 0.1) is 0 Å². The molecule has 1 saturated heterocycles. The minimum absolute atomic E-state index is 0.122. The molecule has 3 rings (SSSR count). The molecule has 1 aliphatic heterocycles. The molecule has 0 amide bonds. The number of sulfonamides is 1. The lowest BCUT2D eigenvalue weighted by Crippen LogP contribution is -2.31. The first-order valence-corrected chi connectivity index (χ1v) is 11.0. The van der Waals surface area contributed by atoms with Gasteiger partial charge in [-0.2, -0.15) is 9.29 Å². The summed E-state index contributed by atoms with van der Waals surface area (Å²) in [6.45, 7) is 2.96. The summed E-state index contributed by atoms with van der Waals surface area (Å²) in [4.78, 5) is 16.5. The summed E-state index contributed by atoms with van der Waals surface area (Å²) in [5, 5.41) is 3.80. The van der Waals surface area contributed by atoms with Gasteiger partial charge >= 0.3 is 5.97 Å². The second-order valence-corrected chi connectivity index (χ2v) is 8.71. The summed E-state index contributed by atoms with van der Waals surface area (Å²) in [6.07, 6.45) is 5.45. The van der Waals surface area contributed by atoms with E-state index in [2.05, 4.69) is 10.1 Å². The molecule has 1 fully saturated rings. The number of nitrogens with zero attached hydrogens (tertiary/aromatic N) is 3. The normalized spacial score (nSPS) is 15.9. The van der Waals surface area contributed by atoms with Crippen molar-refractivity contribution < 1.29 is 22.5 Å². The molecular formula is C19H25N3O5S. The van der Waals surface area contributed by atoms with Crippen molar-refractivity contribution in [3.8, 4) is 0 Å². The van der Waals surface area contributed by atoms with E-state index >= 15 is 0 Å². The maximum absolute atomic E-state index is 12.8. The Labute approximate surface area is 164 Å². The molecule has 8 nitrogen and oxygen atoms in total. The standard InChI is InChI=1S/C19H25N3O5S/c1-2-7-17-20-18(27-21-17)14-26-19(23)15-8-10-16(11-9-15)28(24,25)22-12-5-3-4-6-13-22/h8-11H,2-7,12-14H2,1H3. The Morgan fingerprint density at radius 1 is 1.14 bits per heavy atom. The predicted molar refractivity (Wildman–Crippen MR) is 101 cm³/mol. The van der Waals surface area contributed by atoms with E-state index in [0.717, 1.165) is 32.1 Å². The van der Waals surface area contributed by atoms with E-state index in [1.807, 2.05) is 6.92 Å². The summed E-state index contributed by atoms with van der Waals surface area (Å²) >= 11 is 0. The third-order valence-electron chi connectivity index (χ3n) is 4.60. The lowest BCUT2D eigenvalue weighted by atomic mass is 10.2. The van der Waals surface area contributed by atoms with Crippen molar-refractivity contribution in [1.29, 1.82) is 0 Å². The van der Waals surface area contributed by atoms with Gasteiger partial charge in [0, 0.05) is 19.5 Å². The van der Waals surface area contributed by atoms with E-state index in [0.29, 0.717) is 25.3 Å².